The van der Waals surface area contributed by atoms with E-state index in [0.717, 1.165) is 12.5 Å². The number of nitrogen functional groups attached to an aromatic ring is 1. The second kappa shape index (κ2) is 4.20. The van der Waals surface area contributed by atoms with Gasteiger partial charge in [0.15, 0.2) is 5.82 Å². The third-order valence-corrected chi connectivity index (χ3v) is 3.95. The first-order chi connectivity index (χ1) is 8.73. The normalized spacial score (nSPS) is 20.3. The lowest BCUT2D eigenvalue weighted by molar-refractivity contribution is 0.0937. The molecule has 0 spiro atoms. The van der Waals surface area contributed by atoms with Crippen LogP contribution >= 0.6 is 0 Å². The number of carbonyl (C=O) groups excluding carboxylic acids is 1. The summed E-state index contributed by atoms with van der Waals surface area (Å²) in [5.74, 6) is 6.29. The van der Waals surface area contributed by atoms with Crippen LogP contribution in [-0.2, 0) is 0 Å². The Kier molecular flexibility index (Phi) is 2.66. The standard InChI is InChI=1S/C12H17N5O/c13-17-10-6-14-5-9(16-10)11(18)15-7-12(3-4-12)8-1-2-8/h5-6,8H,1-4,7,13H2,(H,15,18)(H,16,17). The number of aromatic nitrogens is 2. The molecule has 0 saturated heterocycles. The van der Waals surface area contributed by atoms with Crippen molar-refractivity contribution in [2.45, 2.75) is 25.7 Å². The largest absolute Gasteiger partial charge is 0.350 e. The van der Waals surface area contributed by atoms with Gasteiger partial charge in [0.25, 0.3) is 5.91 Å². The maximum atomic E-state index is 11.9. The zero-order valence-corrected chi connectivity index (χ0v) is 10.1. The van der Waals surface area contributed by atoms with Crippen molar-refractivity contribution in [1.82, 2.24) is 15.3 Å². The highest BCUT2D eigenvalue weighted by molar-refractivity contribution is 5.92. The Labute approximate surface area is 105 Å². The molecule has 1 amide bonds. The van der Waals surface area contributed by atoms with Crippen LogP contribution in [0, 0.1) is 11.3 Å². The molecule has 1 aromatic heterocycles. The van der Waals surface area contributed by atoms with Gasteiger partial charge in [-0.25, -0.2) is 10.8 Å². The zero-order chi connectivity index (χ0) is 12.6. The maximum Gasteiger partial charge on any atom is 0.271 e. The number of hydrazine groups is 1. The molecule has 0 aliphatic heterocycles. The predicted molar refractivity (Wildman–Crippen MR) is 66.6 cm³/mol. The zero-order valence-electron chi connectivity index (χ0n) is 10.1. The molecule has 0 radical (unpaired) electrons. The van der Waals surface area contributed by atoms with Crippen LogP contribution in [0.15, 0.2) is 12.4 Å². The van der Waals surface area contributed by atoms with Crippen molar-refractivity contribution in [1.29, 1.82) is 0 Å². The molecule has 2 fully saturated rings. The van der Waals surface area contributed by atoms with Gasteiger partial charge in [0.2, 0.25) is 0 Å². The van der Waals surface area contributed by atoms with Crippen LogP contribution in [0.5, 0.6) is 0 Å². The van der Waals surface area contributed by atoms with E-state index in [9.17, 15) is 4.79 Å². The van der Waals surface area contributed by atoms with Crippen molar-refractivity contribution in [3.63, 3.8) is 0 Å². The summed E-state index contributed by atoms with van der Waals surface area (Å²) in [5, 5.41) is 2.96. The van der Waals surface area contributed by atoms with Crippen molar-refractivity contribution in [2.24, 2.45) is 17.2 Å². The first-order valence-corrected chi connectivity index (χ1v) is 6.30. The van der Waals surface area contributed by atoms with Crippen LogP contribution in [0.2, 0.25) is 0 Å². The fourth-order valence-electron chi connectivity index (χ4n) is 2.48. The monoisotopic (exact) mass is 247 g/mol. The van der Waals surface area contributed by atoms with E-state index in [-0.39, 0.29) is 5.91 Å². The Morgan fingerprint density at radius 1 is 1.44 bits per heavy atom. The number of carbonyl (C=O) groups is 1. The number of nitrogens with one attached hydrogen (secondary N) is 2. The summed E-state index contributed by atoms with van der Waals surface area (Å²) >= 11 is 0. The molecular formula is C12H17N5O. The van der Waals surface area contributed by atoms with Gasteiger partial charge in [-0.3, -0.25) is 9.78 Å². The minimum absolute atomic E-state index is 0.175. The molecule has 4 N–H and O–H groups in total. The summed E-state index contributed by atoms with van der Waals surface area (Å²) in [4.78, 5) is 19.9. The van der Waals surface area contributed by atoms with Gasteiger partial charge in [-0.2, -0.15) is 0 Å². The van der Waals surface area contributed by atoms with Gasteiger partial charge in [-0.05, 0) is 37.0 Å². The van der Waals surface area contributed by atoms with Crippen LogP contribution in [-0.4, -0.2) is 22.4 Å². The molecule has 6 nitrogen and oxygen atoms in total. The van der Waals surface area contributed by atoms with Gasteiger partial charge in [0, 0.05) is 6.54 Å². The van der Waals surface area contributed by atoms with Gasteiger partial charge < -0.3 is 10.7 Å². The van der Waals surface area contributed by atoms with E-state index >= 15 is 0 Å². The third kappa shape index (κ3) is 2.15. The van der Waals surface area contributed by atoms with E-state index in [2.05, 4.69) is 20.7 Å². The number of rotatable bonds is 5. The molecule has 0 atom stereocenters. The van der Waals surface area contributed by atoms with Crippen molar-refractivity contribution in [3.05, 3.63) is 18.1 Å². The van der Waals surface area contributed by atoms with Crippen LogP contribution in [0.1, 0.15) is 36.2 Å². The van der Waals surface area contributed by atoms with Gasteiger partial charge in [0.05, 0.1) is 12.4 Å². The van der Waals surface area contributed by atoms with Crippen LogP contribution in [0.3, 0.4) is 0 Å². The number of hydrogen-bond acceptors (Lipinski definition) is 5. The summed E-state index contributed by atoms with van der Waals surface area (Å²) in [5.41, 5.74) is 3.08. The molecule has 1 aromatic rings. The molecule has 1 heterocycles. The summed E-state index contributed by atoms with van der Waals surface area (Å²) in [6.07, 6.45) is 8.06. The average Bonchev–Trinajstić information content (AvgIpc) is 3.28. The van der Waals surface area contributed by atoms with Gasteiger partial charge in [-0.15, -0.1) is 0 Å². The fraction of sp³-hybridized carbons (Fsp3) is 0.583. The SMILES string of the molecule is NNc1cncc(C(=O)NCC2(C3CC3)CC2)n1. The number of nitrogens with two attached hydrogens (primary N) is 1. The second-order valence-electron chi connectivity index (χ2n) is 5.25. The molecule has 0 bridgehead atoms. The maximum absolute atomic E-state index is 11.9. The molecule has 2 aliphatic carbocycles. The molecule has 96 valence electrons. The number of hydrogen-bond donors (Lipinski definition) is 3. The van der Waals surface area contributed by atoms with Crippen LogP contribution < -0.4 is 16.6 Å². The molecular weight excluding hydrogens is 230 g/mol. The summed E-state index contributed by atoms with van der Waals surface area (Å²) in [6, 6.07) is 0. The second-order valence-corrected chi connectivity index (χ2v) is 5.25. The minimum atomic E-state index is -0.175. The summed E-state index contributed by atoms with van der Waals surface area (Å²) in [6.45, 7) is 0.762. The fourth-order valence-corrected chi connectivity index (χ4v) is 2.48. The van der Waals surface area contributed by atoms with Crippen molar-refractivity contribution < 1.29 is 4.79 Å². The van der Waals surface area contributed by atoms with E-state index in [1.807, 2.05) is 0 Å². The highest BCUT2D eigenvalue weighted by Crippen LogP contribution is 2.60. The van der Waals surface area contributed by atoms with E-state index in [0.29, 0.717) is 16.9 Å². The lowest BCUT2D eigenvalue weighted by Gasteiger charge is -2.14. The Hall–Kier alpha value is -1.69. The third-order valence-electron chi connectivity index (χ3n) is 3.95. The first kappa shape index (κ1) is 11.4. The van der Waals surface area contributed by atoms with Gasteiger partial charge in [-0.1, -0.05) is 0 Å². The van der Waals surface area contributed by atoms with Gasteiger partial charge >= 0.3 is 0 Å². The number of anilines is 1. The van der Waals surface area contributed by atoms with Gasteiger partial charge in [0.1, 0.15) is 5.69 Å². The number of amides is 1. The topological polar surface area (TPSA) is 92.9 Å². The molecule has 6 heteroatoms. The average molecular weight is 247 g/mol. The van der Waals surface area contributed by atoms with E-state index in [1.54, 1.807) is 0 Å². The Morgan fingerprint density at radius 2 is 2.22 bits per heavy atom. The molecule has 0 unspecified atom stereocenters. The molecule has 2 aliphatic rings. The highest BCUT2D eigenvalue weighted by Gasteiger charge is 2.53. The molecule has 2 saturated carbocycles. The number of nitrogens with zero attached hydrogens (tertiary/aromatic N) is 2. The van der Waals surface area contributed by atoms with Crippen LogP contribution in [0.25, 0.3) is 0 Å². The summed E-state index contributed by atoms with van der Waals surface area (Å²) < 4.78 is 0. The Bertz CT molecular complexity index is 467. The first-order valence-electron chi connectivity index (χ1n) is 6.30. The Morgan fingerprint density at radius 3 is 2.83 bits per heavy atom. The van der Waals surface area contributed by atoms with Crippen molar-refractivity contribution >= 4 is 11.7 Å². The van der Waals surface area contributed by atoms with Crippen molar-refractivity contribution in [2.75, 3.05) is 12.0 Å². The van der Waals surface area contributed by atoms with E-state index < -0.39 is 0 Å². The molecule has 0 aromatic carbocycles. The highest BCUT2D eigenvalue weighted by atomic mass is 16.1. The lowest BCUT2D eigenvalue weighted by atomic mass is 10.0. The smallest absolute Gasteiger partial charge is 0.271 e. The van der Waals surface area contributed by atoms with Crippen molar-refractivity contribution in [3.8, 4) is 0 Å². The lowest BCUT2D eigenvalue weighted by Crippen LogP contribution is -2.32. The van der Waals surface area contributed by atoms with E-state index in [4.69, 9.17) is 5.84 Å². The molecule has 3 rings (SSSR count). The summed E-state index contributed by atoms with van der Waals surface area (Å²) in [7, 11) is 0. The van der Waals surface area contributed by atoms with Crippen LogP contribution in [0.4, 0.5) is 5.82 Å². The quantitative estimate of drug-likeness (QED) is 0.525. The predicted octanol–water partition coefficient (Wildman–Crippen LogP) is 0.682. The molecule has 18 heavy (non-hydrogen) atoms. The minimum Gasteiger partial charge on any atom is -0.350 e. The Balaban J connectivity index is 1.60. The van der Waals surface area contributed by atoms with E-state index in [1.165, 1.54) is 38.1 Å².